The van der Waals surface area contributed by atoms with Gasteiger partial charge in [0.1, 0.15) is 30.3 Å². The Balaban J connectivity index is 1.57. The van der Waals surface area contributed by atoms with Crippen molar-refractivity contribution in [1.82, 2.24) is 5.32 Å². The van der Waals surface area contributed by atoms with Gasteiger partial charge in [0.15, 0.2) is 5.79 Å². The highest BCUT2D eigenvalue weighted by molar-refractivity contribution is 5.78. The third kappa shape index (κ3) is 4.48. The molecule has 0 aliphatic carbocycles. The second kappa shape index (κ2) is 8.90. The van der Waals surface area contributed by atoms with E-state index < -0.39 is 41.6 Å². The molecule has 0 saturated carbocycles. The molecule has 2 heterocycles. The maximum atomic E-state index is 12.5. The molecule has 32 heavy (non-hydrogen) atoms. The van der Waals surface area contributed by atoms with Crippen LogP contribution in [0, 0.1) is 0 Å². The molecule has 0 radical (unpaired) electrons. The Bertz CT molecular complexity index is 949. The van der Waals surface area contributed by atoms with Gasteiger partial charge >= 0.3 is 12.1 Å². The third-order valence-corrected chi connectivity index (χ3v) is 5.77. The van der Waals surface area contributed by atoms with Crippen molar-refractivity contribution in [2.45, 2.75) is 50.0 Å². The van der Waals surface area contributed by atoms with E-state index in [1.54, 1.807) is 38.1 Å². The number of rotatable bonds is 7. The highest BCUT2D eigenvalue weighted by atomic mass is 16.8. The zero-order valence-corrected chi connectivity index (χ0v) is 18.0. The fraction of sp³-hybridized carbons (Fsp3) is 0.417. The fourth-order valence-electron chi connectivity index (χ4n) is 4.46. The van der Waals surface area contributed by atoms with E-state index in [1.807, 2.05) is 36.4 Å². The molecule has 2 fully saturated rings. The number of ether oxygens (including phenoxy) is 4. The van der Waals surface area contributed by atoms with Gasteiger partial charge in [-0.1, -0.05) is 60.7 Å². The molecule has 0 bridgehead atoms. The number of carbonyl (C=O) groups excluding carboxylic acids is 1. The first-order valence-electron chi connectivity index (χ1n) is 10.5. The van der Waals surface area contributed by atoms with Gasteiger partial charge in [-0.05, 0) is 25.0 Å². The molecule has 2 aliphatic rings. The quantitative estimate of drug-likeness (QED) is 0.681. The zero-order valence-electron chi connectivity index (χ0n) is 18.0. The summed E-state index contributed by atoms with van der Waals surface area (Å²) in [5, 5.41) is 12.9. The van der Waals surface area contributed by atoms with Crippen molar-refractivity contribution in [2.75, 3.05) is 13.2 Å². The molecule has 0 aromatic heterocycles. The number of carboxylic acid groups (broad SMARTS) is 1. The molecule has 4 atom stereocenters. The van der Waals surface area contributed by atoms with Crippen molar-refractivity contribution in [3.63, 3.8) is 0 Å². The van der Waals surface area contributed by atoms with Gasteiger partial charge in [-0.3, -0.25) is 4.79 Å². The van der Waals surface area contributed by atoms with E-state index in [1.165, 1.54) is 0 Å². The van der Waals surface area contributed by atoms with Gasteiger partial charge in [0.25, 0.3) is 0 Å². The van der Waals surface area contributed by atoms with Crippen LogP contribution in [0.3, 0.4) is 0 Å². The van der Waals surface area contributed by atoms with Gasteiger partial charge in [-0.2, -0.15) is 0 Å². The fourth-order valence-corrected chi connectivity index (χ4v) is 4.46. The van der Waals surface area contributed by atoms with E-state index in [0.717, 1.165) is 5.56 Å². The van der Waals surface area contributed by atoms with Gasteiger partial charge in [0.2, 0.25) is 0 Å². The largest absolute Gasteiger partial charge is 0.481 e. The number of carbonyl (C=O) groups is 2. The van der Waals surface area contributed by atoms with Crippen LogP contribution in [-0.2, 0) is 30.3 Å². The van der Waals surface area contributed by atoms with E-state index >= 15 is 0 Å². The Kier molecular flexibility index (Phi) is 6.19. The maximum Gasteiger partial charge on any atom is 0.407 e. The minimum Gasteiger partial charge on any atom is -0.481 e. The van der Waals surface area contributed by atoms with E-state index in [0.29, 0.717) is 5.56 Å². The lowest BCUT2D eigenvalue weighted by molar-refractivity contribution is -0.201. The van der Waals surface area contributed by atoms with Crippen molar-refractivity contribution in [2.24, 2.45) is 0 Å². The van der Waals surface area contributed by atoms with Crippen LogP contribution in [0.5, 0.6) is 0 Å². The first-order chi connectivity index (χ1) is 15.3. The predicted octanol–water partition coefficient (Wildman–Crippen LogP) is 3.07. The summed E-state index contributed by atoms with van der Waals surface area (Å²) >= 11 is 0. The average molecular weight is 441 g/mol. The van der Waals surface area contributed by atoms with Crippen LogP contribution in [0.1, 0.15) is 30.9 Å². The van der Waals surface area contributed by atoms with E-state index in [9.17, 15) is 14.7 Å². The third-order valence-electron chi connectivity index (χ3n) is 5.77. The molecule has 2 aromatic rings. The topological polar surface area (TPSA) is 103 Å². The zero-order chi connectivity index (χ0) is 22.8. The first kappa shape index (κ1) is 22.3. The smallest absolute Gasteiger partial charge is 0.407 e. The molecule has 2 saturated heterocycles. The van der Waals surface area contributed by atoms with Gasteiger partial charge in [-0.15, -0.1) is 0 Å². The molecule has 2 aromatic carbocycles. The highest BCUT2D eigenvalue weighted by Gasteiger charge is 2.63. The maximum absolute atomic E-state index is 12.5. The summed E-state index contributed by atoms with van der Waals surface area (Å²) < 4.78 is 23.4. The van der Waals surface area contributed by atoms with Crippen LogP contribution in [0.2, 0.25) is 0 Å². The Hall–Kier alpha value is -2.94. The summed E-state index contributed by atoms with van der Waals surface area (Å²) in [6, 6.07) is 18.1. The lowest BCUT2D eigenvalue weighted by Crippen LogP contribution is -2.57. The number of hydrogen-bond acceptors (Lipinski definition) is 6. The predicted molar refractivity (Wildman–Crippen MR) is 114 cm³/mol. The second-order valence-electron chi connectivity index (χ2n) is 8.46. The van der Waals surface area contributed by atoms with Crippen LogP contribution in [0.25, 0.3) is 0 Å². The van der Waals surface area contributed by atoms with Crippen LogP contribution in [0.15, 0.2) is 60.7 Å². The number of aliphatic carboxylic acids is 1. The van der Waals surface area contributed by atoms with Gasteiger partial charge in [0.05, 0.1) is 13.2 Å². The Morgan fingerprint density at radius 1 is 1.09 bits per heavy atom. The molecular formula is C24H27NO7. The van der Waals surface area contributed by atoms with E-state index in [4.69, 9.17) is 18.9 Å². The van der Waals surface area contributed by atoms with Crippen molar-refractivity contribution in [3.05, 3.63) is 71.8 Å². The summed E-state index contributed by atoms with van der Waals surface area (Å²) in [5.74, 6) is -3.06. The number of alkyl carbamates (subject to hydrolysis) is 1. The summed E-state index contributed by atoms with van der Waals surface area (Å²) in [6.07, 6.45) is -1.80. The molecule has 0 unspecified atom stereocenters. The minimum atomic E-state index is -1.38. The van der Waals surface area contributed by atoms with Crippen LogP contribution >= 0.6 is 0 Å². The average Bonchev–Trinajstić information content (AvgIpc) is 3.26. The monoisotopic (exact) mass is 441 g/mol. The molecule has 2 aliphatic heterocycles. The van der Waals surface area contributed by atoms with E-state index in [2.05, 4.69) is 5.32 Å². The van der Waals surface area contributed by atoms with E-state index in [-0.39, 0.29) is 19.8 Å². The van der Waals surface area contributed by atoms with Crippen LogP contribution in [0.4, 0.5) is 4.79 Å². The second-order valence-corrected chi connectivity index (χ2v) is 8.46. The molecule has 170 valence electrons. The first-order valence-corrected chi connectivity index (χ1v) is 10.5. The number of hydrogen-bond donors (Lipinski definition) is 2. The number of carboxylic acids is 1. The molecule has 2 N–H and O–H groups in total. The minimum absolute atomic E-state index is 0.0975. The number of amides is 1. The lowest BCUT2D eigenvalue weighted by atomic mass is 9.77. The Morgan fingerprint density at radius 3 is 2.41 bits per heavy atom. The number of benzene rings is 2. The molecular weight excluding hydrogens is 414 g/mol. The van der Waals surface area contributed by atoms with Gasteiger partial charge < -0.3 is 29.4 Å². The molecule has 8 nitrogen and oxygen atoms in total. The van der Waals surface area contributed by atoms with Crippen LogP contribution < -0.4 is 5.32 Å². The molecule has 0 spiro atoms. The van der Waals surface area contributed by atoms with Crippen LogP contribution in [-0.4, -0.2) is 53.9 Å². The summed E-state index contributed by atoms with van der Waals surface area (Å²) in [4.78, 5) is 24.9. The summed E-state index contributed by atoms with van der Waals surface area (Å²) in [6.45, 7) is 3.69. The molecule has 1 amide bonds. The summed E-state index contributed by atoms with van der Waals surface area (Å²) in [5.41, 5.74) is 0.0159. The molecule has 4 rings (SSSR count). The lowest BCUT2D eigenvalue weighted by Gasteiger charge is -2.38. The van der Waals surface area contributed by atoms with Crippen molar-refractivity contribution >= 4 is 12.1 Å². The van der Waals surface area contributed by atoms with Crippen molar-refractivity contribution < 1.29 is 33.6 Å². The normalized spacial score (nSPS) is 26.8. The highest BCUT2D eigenvalue weighted by Crippen LogP contribution is 2.47. The number of nitrogens with one attached hydrogen (secondary N) is 1. The summed E-state index contributed by atoms with van der Waals surface area (Å²) in [7, 11) is 0. The Labute approximate surface area is 186 Å². The Morgan fingerprint density at radius 2 is 1.75 bits per heavy atom. The van der Waals surface area contributed by atoms with Crippen molar-refractivity contribution in [1.29, 1.82) is 0 Å². The van der Waals surface area contributed by atoms with Gasteiger partial charge in [-0.25, -0.2) is 4.79 Å². The van der Waals surface area contributed by atoms with Gasteiger partial charge in [0, 0.05) is 0 Å². The molecule has 8 heteroatoms. The standard InChI is InChI=1S/C24H27NO7/c1-23(2)31-18-14-30-24(20(18)32-23,19(21(26)27)17-11-7-4-8-12-17)15-25-22(28)29-13-16-9-5-3-6-10-16/h3-12,18-20H,13-15H2,1-2H3,(H,25,28)(H,26,27)/t18-,19-,20-,24-/m1/s1. The SMILES string of the molecule is CC1(C)O[C@@H]2[C@@H](CO[C@]2(CNC(=O)OCc2ccccc2)[C@@H](C(=O)O)c2ccccc2)O1. The van der Waals surface area contributed by atoms with Crippen molar-refractivity contribution in [3.8, 4) is 0 Å². The number of fused-ring (bicyclic) bond motifs is 1.